The van der Waals surface area contributed by atoms with Crippen LogP contribution in [0.3, 0.4) is 0 Å². The first-order valence-electron chi connectivity index (χ1n) is 10.2. The lowest BCUT2D eigenvalue weighted by Crippen LogP contribution is -2.54. The quantitative estimate of drug-likeness (QED) is 0.300. The molecule has 1 aliphatic heterocycles. The van der Waals surface area contributed by atoms with Gasteiger partial charge < -0.3 is 9.47 Å². The van der Waals surface area contributed by atoms with Crippen molar-refractivity contribution in [3.05, 3.63) is 65.2 Å². The maximum Gasteiger partial charge on any atom is 0.344 e. The highest BCUT2D eigenvalue weighted by Gasteiger charge is 2.35. The number of esters is 1. The van der Waals surface area contributed by atoms with Crippen LogP contribution in [0.25, 0.3) is 6.08 Å². The standard InChI is InChI=1S/C24H24N2O5S/c1-4-17-7-5-6-8-20(17)26-23(29)19(22(28)25-24(26)32)13-16-9-11-18(12-10-16)30-14-21(27)31-15(2)3/h5-13,15H,4,14H2,1-3H3,(H,25,28,32)/b19-13+. The zero-order chi connectivity index (χ0) is 23.3. The number of thiocarbonyl (C=S) groups is 1. The van der Waals surface area contributed by atoms with Crippen LogP contribution in [0.2, 0.25) is 0 Å². The highest BCUT2D eigenvalue weighted by atomic mass is 32.1. The Hall–Kier alpha value is -3.52. The Kier molecular flexibility index (Phi) is 7.37. The molecule has 0 radical (unpaired) electrons. The van der Waals surface area contributed by atoms with E-state index >= 15 is 0 Å². The van der Waals surface area contributed by atoms with E-state index < -0.39 is 17.8 Å². The van der Waals surface area contributed by atoms with Crippen molar-refractivity contribution in [2.75, 3.05) is 11.5 Å². The number of hydrogen-bond donors (Lipinski definition) is 1. The van der Waals surface area contributed by atoms with Crippen LogP contribution >= 0.6 is 12.2 Å². The molecule has 2 aromatic rings. The lowest BCUT2D eigenvalue weighted by Gasteiger charge is -2.30. The number of anilines is 1. The molecule has 32 heavy (non-hydrogen) atoms. The van der Waals surface area contributed by atoms with Gasteiger partial charge in [0.2, 0.25) is 0 Å². The van der Waals surface area contributed by atoms with Gasteiger partial charge in [-0.15, -0.1) is 0 Å². The zero-order valence-corrected chi connectivity index (χ0v) is 18.9. The third-order valence-electron chi connectivity index (χ3n) is 4.63. The summed E-state index contributed by atoms with van der Waals surface area (Å²) in [4.78, 5) is 38.6. The van der Waals surface area contributed by atoms with Gasteiger partial charge in [-0.2, -0.15) is 0 Å². The summed E-state index contributed by atoms with van der Waals surface area (Å²) in [6, 6.07) is 14.1. The molecule has 2 amide bonds. The van der Waals surface area contributed by atoms with Gasteiger partial charge in [0, 0.05) is 0 Å². The van der Waals surface area contributed by atoms with E-state index in [1.807, 2.05) is 25.1 Å². The summed E-state index contributed by atoms with van der Waals surface area (Å²) in [6.07, 6.45) is 2.00. The lowest BCUT2D eigenvalue weighted by atomic mass is 10.0. The van der Waals surface area contributed by atoms with Crippen LogP contribution in [0.15, 0.2) is 54.1 Å². The van der Waals surface area contributed by atoms with Crippen LogP contribution in [0.1, 0.15) is 31.9 Å². The Bertz CT molecular complexity index is 1080. The largest absolute Gasteiger partial charge is 0.482 e. The Morgan fingerprint density at radius 2 is 1.81 bits per heavy atom. The molecule has 166 valence electrons. The highest BCUT2D eigenvalue weighted by Crippen LogP contribution is 2.26. The molecule has 0 spiro atoms. The number of hydrogen-bond acceptors (Lipinski definition) is 6. The average molecular weight is 453 g/mol. The fraction of sp³-hybridized carbons (Fsp3) is 0.250. The van der Waals surface area contributed by atoms with E-state index in [0.29, 0.717) is 23.4 Å². The molecule has 1 N–H and O–H groups in total. The van der Waals surface area contributed by atoms with Gasteiger partial charge in [-0.25, -0.2) is 4.79 Å². The van der Waals surface area contributed by atoms with Crippen molar-refractivity contribution < 1.29 is 23.9 Å². The summed E-state index contributed by atoms with van der Waals surface area (Å²) in [6.45, 7) is 5.30. The van der Waals surface area contributed by atoms with Crippen LogP contribution in [-0.2, 0) is 25.5 Å². The second-order valence-corrected chi connectivity index (χ2v) is 7.72. The van der Waals surface area contributed by atoms with E-state index in [1.165, 1.54) is 11.0 Å². The first kappa shape index (κ1) is 23.1. The summed E-state index contributed by atoms with van der Waals surface area (Å²) in [5, 5.41) is 2.64. The monoisotopic (exact) mass is 452 g/mol. The minimum Gasteiger partial charge on any atom is -0.482 e. The van der Waals surface area contributed by atoms with Crippen LogP contribution in [0.5, 0.6) is 5.75 Å². The van der Waals surface area contributed by atoms with E-state index in [0.717, 1.165) is 5.56 Å². The number of amides is 2. The van der Waals surface area contributed by atoms with Crippen molar-refractivity contribution >= 4 is 46.9 Å². The second-order valence-electron chi connectivity index (χ2n) is 7.34. The molecule has 1 heterocycles. The molecule has 0 aromatic heterocycles. The molecular formula is C24H24N2O5S. The van der Waals surface area contributed by atoms with Gasteiger partial charge in [0.25, 0.3) is 11.8 Å². The van der Waals surface area contributed by atoms with Crippen LogP contribution < -0.4 is 15.0 Å². The summed E-state index contributed by atoms with van der Waals surface area (Å²) >= 11 is 5.27. The molecule has 0 aliphatic carbocycles. The number of benzene rings is 2. The molecule has 3 rings (SSSR count). The van der Waals surface area contributed by atoms with Gasteiger partial charge in [0.15, 0.2) is 11.7 Å². The minimum atomic E-state index is -0.554. The molecule has 0 bridgehead atoms. The van der Waals surface area contributed by atoms with E-state index in [1.54, 1.807) is 44.2 Å². The van der Waals surface area contributed by atoms with Gasteiger partial charge in [-0.05, 0) is 67.9 Å². The van der Waals surface area contributed by atoms with Crippen molar-refractivity contribution in [3.63, 3.8) is 0 Å². The predicted octanol–water partition coefficient (Wildman–Crippen LogP) is 3.41. The van der Waals surface area contributed by atoms with E-state index in [-0.39, 0.29) is 23.4 Å². The van der Waals surface area contributed by atoms with Crippen molar-refractivity contribution in [2.45, 2.75) is 33.3 Å². The Balaban J connectivity index is 1.79. The van der Waals surface area contributed by atoms with Gasteiger partial charge in [0.1, 0.15) is 11.3 Å². The smallest absolute Gasteiger partial charge is 0.344 e. The second kappa shape index (κ2) is 10.2. The zero-order valence-electron chi connectivity index (χ0n) is 18.1. The first-order chi connectivity index (χ1) is 15.3. The molecule has 1 aliphatic rings. The molecule has 0 saturated carbocycles. The molecule has 0 atom stereocenters. The number of ether oxygens (including phenoxy) is 2. The third kappa shape index (κ3) is 5.39. The number of carbonyl (C=O) groups excluding carboxylic acids is 3. The fourth-order valence-electron chi connectivity index (χ4n) is 3.17. The molecule has 0 unspecified atom stereocenters. The van der Waals surface area contributed by atoms with Crippen LogP contribution in [0.4, 0.5) is 5.69 Å². The molecule has 7 nitrogen and oxygen atoms in total. The van der Waals surface area contributed by atoms with Gasteiger partial charge in [-0.3, -0.25) is 19.8 Å². The normalized spacial score (nSPS) is 15.2. The summed E-state index contributed by atoms with van der Waals surface area (Å²) in [5.74, 6) is -1.04. The fourth-order valence-corrected chi connectivity index (χ4v) is 3.44. The highest BCUT2D eigenvalue weighted by molar-refractivity contribution is 7.80. The lowest BCUT2D eigenvalue weighted by molar-refractivity contribution is -0.149. The number of nitrogens with one attached hydrogen (secondary N) is 1. The topological polar surface area (TPSA) is 84.9 Å². The number of para-hydroxylation sites is 1. The summed E-state index contributed by atoms with van der Waals surface area (Å²) < 4.78 is 10.4. The number of carbonyl (C=O) groups is 3. The van der Waals surface area contributed by atoms with Crippen molar-refractivity contribution in [2.24, 2.45) is 0 Å². The van der Waals surface area contributed by atoms with Gasteiger partial charge in [-0.1, -0.05) is 37.3 Å². The molecule has 8 heteroatoms. The van der Waals surface area contributed by atoms with Crippen LogP contribution in [-0.4, -0.2) is 35.6 Å². The summed E-state index contributed by atoms with van der Waals surface area (Å²) in [5.41, 5.74) is 2.18. The number of aryl methyl sites for hydroxylation is 1. The van der Waals surface area contributed by atoms with E-state index in [2.05, 4.69) is 5.32 Å². The predicted molar refractivity (Wildman–Crippen MR) is 125 cm³/mol. The Labute approximate surface area is 192 Å². The summed E-state index contributed by atoms with van der Waals surface area (Å²) in [7, 11) is 0. The van der Waals surface area contributed by atoms with Crippen molar-refractivity contribution in [3.8, 4) is 5.75 Å². The van der Waals surface area contributed by atoms with E-state index in [9.17, 15) is 14.4 Å². The molecule has 1 fully saturated rings. The minimum absolute atomic E-state index is 0.0290. The van der Waals surface area contributed by atoms with Gasteiger partial charge >= 0.3 is 5.97 Å². The van der Waals surface area contributed by atoms with Crippen LogP contribution in [0, 0.1) is 0 Å². The Morgan fingerprint density at radius 1 is 1.12 bits per heavy atom. The van der Waals surface area contributed by atoms with Gasteiger partial charge in [0.05, 0.1) is 11.8 Å². The number of rotatable bonds is 7. The van der Waals surface area contributed by atoms with Crippen molar-refractivity contribution in [1.29, 1.82) is 0 Å². The Morgan fingerprint density at radius 3 is 2.47 bits per heavy atom. The average Bonchev–Trinajstić information content (AvgIpc) is 2.76. The number of nitrogens with zero attached hydrogens (tertiary/aromatic N) is 1. The first-order valence-corrected chi connectivity index (χ1v) is 10.6. The molecule has 1 saturated heterocycles. The van der Waals surface area contributed by atoms with Crippen molar-refractivity contribution in [1.82, 2.24) is 5.32 Å². The molecule has 2 aromatic carbocycles. The van der Waals surface area contributed by atoms with E-state index in [4.69, 9.17) is 21.7 Å². The maximum atomic E-state index is 13.2. The molecular weight excluding hydrogens is 428 g/mol. The maximum absolute atomic E-state index is 13.2. The SMILES string of the molecule is CCc1ccccc1N1C(=O)/C(=C/c2ccc(OCC(=O)OC(C)C)cc2)C(=O)NC1=S. The third-order valence-corrected chi connectivity index (χ3v) is 4.91.